The molecule has 30 heavy (non-hydrogen) atoms. The lowest BCUT2D eigenvalue weighted by Crippen LogP contribution is -2.37. The van der Waals surface area contributed by atoms with Gasteiger partial charge in [-0.2, -0.15) is 13.2 Å². The van der Waals surface area contributed by atoms with Crippen molar-refractivity contribution in [2.24, 2.45) is 0 Å². The van der Waals surface area contributed by atoms with Crippen LogP contribution in [-0.2, 0) is 22.1 Å². The minimum atomic E-state index is -4.51. The van der Waals surface area contributed by atoms with Crippen LogP contribution in [0.1, 0.15) is 11.1 Å². The van der Waals surface area contributed by atoms with Gasteiger partial charge in [-0.15, -0.1) is 0 Å². The number of nitrogens with zero attached hydrogens (tertiary/aromatic N) is 1. The Hall–Kier alpha value is -2.94. The van der Waals surface area contributed by atoms with Gasteiger partial charge in [-0.25, -0.2) is 0 Å². The molecule has 1 N–H and O–H groups in total. The minimum absolute atomic E-state index is 0.0635. The van der Waals surface area contributed by atoms with Crippen molar-refractivity contribution >= 4 is 17.3 Å². The number of amides is 1. The van der Waals surface area contributed by atoms with Crippen LogP contribution < -0.4 is 19.7 Å². The number of methoxy groups -OCH3 is 2. The molecule has 1 aliphatic heterocycles. The quantitative estimate of drug-likeness (QED) is 0.766. The molecule has 0 radical (unpaired) electrons. The zero-order valence-electron chi connectivity index (χ0n) is 16.7. The number of halogens is 3. The van der Waals surface area contributed by atoms with E-state index in [1.807, 2.05) is 4.90 Å². The van der Waals surface area contributed by atoms with Crippen LogP contribution in [0.5, 0.6) is 11.5 Å². The summed E-state index contributed by atoms with van der Waals surface area (Å²) in [5, 5.41) is 2.64. The molecule has 1 fully saturated rings. The van der Waals surface area contributed by atoms with E-state index in [0.29, 0.717) is 49.1 Å². The molecule has 2 aromatic rings. The summed E-state index contributed by atoms with van der Waals surface area (Å²) in [5.41, 5.74) is 0.415. The lowest BCUT2D eigenvalue weighted by Gasteiger charge is -2.31. The first-order valence-electron chi connectivity index (χ1n) is 9.36. The van der Waals surface area contributed by atoms with Crippen LogP contribution in [-0.4, -0.2) is 46.4 Å². The Morgan fingerprint density at radius 3 is 2.47 bits per heavy atom. The van der Waals surface area contributed by atoms with E-state index in [2.05, 4.69) is 5.32 Å². The van der Waals surface area contributed by atoms with Crippen molar-refractivity contribution in [3.05, 3.63) is 47.5 Å². The van der Waals surface area contributed by atoms with Gasteiger partial charge in [0.2, 0.25) is 5.91 Å². The molecule has 0 aromatic heterocycles. The lowest BCUT2D eigenvalue weighted by atomic mass is 10.1. The normalized spacial score (nSPS) is 14.4. The number of hydrogen-bond acceptors (Lipinski definition) is 5. The van der Waals surface area contributed by atoms with Gasteiger partial charge in [0.25, 0.3) is 0 Å². The first-order chi connectivity index (χ1) is 14.3. The van der Waals surface area contributed by atoms with Crippen molar-refractivity contribution in [3.63, 3.8) is 0 Å². The maximum atomic E-state index is 13.2. The van der Waals surface area contributed by atoms with Crippen LogP contribution in [0.15, 0.2) is 36.4 Å². The van der Waals surface area contributed by atoms with Crippen LogP contribution in [0, 0.1) is 0 Å². The van der Waals surface area contributed by atoms with Gasteiger partial charge < -0.3 is 24.4 Å². The fraction of sp³-hybridized carbons (Fsp3) is 0.381. The zero-order valence-corrected chi connectivity index (χ0v) is 16.7. The van der Waals surface area contributed by atoms with E-state index < -0.39 is 17.6 Å². The molecule has 0 unspecified atom stereocenters. The molecule has 0 bridgehead atoms. The van der Waals surface area contributed by atoms with Crippen molar-refractivity contribution in [1.29, 1.82) is 0 Å². The summed E-state index contributed by atoms with van der Waals surface area (Å²) in [4.78, 5) is 14.6. The number of ether oxygens (including phenoxy) is 3. The van der Waals surface area contributed by atoms with Crippen LogP contribution in [0.4, 0.5) is 24.5 Å². The van der Waals surface area contributed by atoms with E-state index in [1.54, 1.807) is 18.2 Å². The second kappa shape index (κ2) is 9.25. The zero-order chi connectivity index (χ0) is 21.7. The molecule has 162 valence electrons. The van der Waals surface area contributed by atoms with Crippen molar-refractivity contribution in [2.45, 2.75) is 12.6 Å². The third-order valence-electron chi connectivity index (χ3n) is 4.79. The fourth-order valence-corrected chi connectivity index (χ4v) is 3.26. The van der Waals surface area contributed by atoms with E-state index in [4.69, 9.17) is 14.2 Å². The highest BCUT2D eigenvalue weighted by Crippen LogP contribution is 2.36. The maximum absolute atomic E-state index is 13.2. The predicted octanol–water partition coefficient (Wildman–Crippen LogP) is 3.74. The maximum Gasteiger partial charge on any atom is 0.416 e. The monoisotopic (exact) mass is 424 g/mol. The molecule has 1 heterocycles. The Bertz CT molecular complexity index is 896. The average Bonchev–Trinajstić information content (AvgIpc) is 2.74. The molecular weight excluding hydrogens is 401 g/mol. The van der Waals surface area contributed by atoms with Crippen molar-refractivity contribution in [1.82, 2.24) is 0 Å². The summed E-state index contributed by atoms with van der Waals surface area (Å²) < 4.78 is 55.4. The molecule has 3 rings (SSSR count). The Kier molecular flexibility index (Phi) is 6.71. The van der Waals surface area contributed by atoms with Gasteiger partial charge >= 0.3 is 6.18 Å². The highest BCUT2D eigenvalue weighted by atomic mass is 19.4. The van der Waals surface area contributed by atoms with E-state index in [9.17, 15) is 18.0 Å². The minimum Gasteiger partial charge on any atom is -0.497 e. The van der Waals surface area contributed by atoms with E-state index in [1.165, 1.54) is 20.3 Å². The van der Waals surface area contributed by atoms with Gasteiger partial charge in [-0.3, -0.25) is 4.79 Å². The van der Waals surface area contributed by atoms with Crippen molar-refractivity contribution in [3.8, 4) is 11.5 Å². The van der Waals surface area contributed by atoms with Gasteiger partial charge in [-0.05, 0) is 24.3 Å². The summed E-state index contributed by atoms with van der Waals surface area (Å²) in [6.07, 6.45) is -4.58. The number of alkyl halides is 3. The van der Waals surface area contributed by atoms with Crippen LogP contribution >= 0.6 is 0 Å². The molecule has 2 aromatic carbocycles. The number of carbonyl (C=O) groups excluding carboxylic acids is 1. The molecule has 0 saturated carbocycles. The molecule has 1 aliphatic rings. The molecule has 1 saturated heterocycles. The molecule has 9 heteroatoms. The second-order valence-electron chi connectivity index (χ2n) is 6.73. The Morgan fingerprint density at radius 1 is 1.10 bits per heavy atom. The number of rotatable bonds is 6. The average molecular weight is 424 g/mol. The molecule has 1 amide bonds. The number of benzene rings is 2. The fourth-order valence-electron chi connectivity index (χ4n) is 3.26. The first kappa shape index (κ1) is 21.8. The predicted molar refractivity (Wildman–Crippen MR) is 106 cm³/mol. The van der Waals surface area contributed by atoms with Gasteiger partial charge in [0.1, 0.15) is 11.5 Å². The first-order valence-corrected chi connectivity index (χ1v) is 9.36. The summed E-state index contributed by atoms with van der Waals surface area (Å²) in [6.45, 7) is 2.00. The number of anilines is 2. The number of morpholine rings is 1. The third kappa shape index (κ3) is 5.15. The molecule has 0 spiro atoms. The lowest BCUT2D eigenvalue weighted by molar-refractivity contribution is -0.137. The summed E-state index contributed by atoms with van der Waals surface area (Å²) in [6, 6.07) is 8.39. The summed E-state index contributed by atoms with van der Waals surface area (Å²) in [7, 11) is 2.99. The topological polar surface area (TPSA) is 60.0 Å². The van der Waals surface area contributed by atoms with Crippen LogP contribution in [0.2, 0.25) is 0 Å². The Balaban J connectivity index is 1.85. The number of carbonyl (C=O) groups is 1. The van der Waals surface area contributed by atoms with Crippen molar-refractivity contribution in [2.75, 3.05) is 50.7 Å². The largest absolute Gasteiger partial charge is 0.497 e. The van der Waals surface area contributed by atoms with Gasteiger partial charge in [0.05, 0.1) is 50.8 Å². The van der Waals surface area contributed by atoms with Gasteiger partial charge in [0, 0.05) is 24.7 Å². The smallest absolute Gasteiger partial charge is 0.416 e. The standard InChI is InChI=1S/C21H23F3N2O4/c1-28-16-5-3-14(19(13-16)29-2)11-20(27)25-17-12-15(21(22,23)24)4-6-18(17)26-7-9-30-10-8-26/h3-6,12-13H,7-11H2,1-2H3,(H,25,27). The molecule has 0 aliphatic carbocycles. The van der Waals surface area contributed by atoms with Crippen LogP contribution in [0.25, 0.3) is 0 Å². The van der Waals surface area contributed by atoms with Gasteiger partial charge in [0.15, 0.2) is 0 Å². The van der Waals surface area contributed by atoms with Crippen molar-refractivity contribution < 1.29 is 32.2 Å². The Morgan fingerprint density at radius 2 is 1.83 bits per heavy atom. The van der Waals surface area contributed by atoms with E-state index >= 15 is 0 Å². The summed E-state index contributed by atoms with van der Waals surface area (Å²) >= 11 is 0. The van der Waals surface area contributed by atoms with E-state index in [-0.39, 0.29) is 12.1 Å². The summed E-state index contributed by atoms with van der Waals surface area (Å²) in [5.74, 6) is 0.581. The van der Waals surface area contributed by atoms with Crippen LogP contribution in [0.3, 0.4) is 0 Å². The van der Waals surface area contributed by atoms with E-state index in [0.717, 1.165) is 12.1 Å². The Labute approximate surface area is 172 Å². The van der Waals surface area contributed by atoms with Gasteiger partial charge in [-0.1, -0.05) is 6.07 Å². The number of nitrogens with one attached hydrogen (secondary N) is 1. The molecule has 6 nitrogen and oxygen atoms in total. The molecule has 0 atom stereocenters. The third-order valence-corrected chi connectivity index (χ3v) is 4.79. The SMILES string of the molecule is COc1ccc(CC(=O)Nc2cc(C(F)(F)F)ccc2N2CCOCC2)c(OC)c1. The number of hydrogen-bond donors (Lipinski definition) is 1. The second-order valence-corrected chi connectivity index (χ2v) is 6.73. The highest BCUT2D eigenvalue weighted by Gasteiger charge is 2.32. The highest BCUT2D eigenvalue weighted by molar-refractivity contribution is 5.96. The molecular formula is C21H23F3N2O4.